The molecule has 0 atom stereocenters. The molecule has 2 saturated heterocycles. The van der Waals surface area contributed by atoms with E-state index in [4.69, 9.17) is 5.73 Å². The number of rotatable bonds is 4. The summed E-state index contributed by atoms with van der Waals surface area (Å²) in [5.41, 5.74) is 5.44. The third-order valence-electron chi connectivity index (χ3n) is 3.97. The number of nitrogens with two attached hydrogens (primary N) is 1. The number of nitrogens with zero attached hydrogens (tertiary/aromatic N) is 2. The van der Waals surface area contributed by atoms with Crippen molar-refractivity contribution in [3.63, 3.8) is 0 Å². The number of carbonyl (C=O) groups is 3. The van der Waals surface area contributed by atoms with Crippen LogP contribution < -0.4 is 15.4 Å². The van der Waals surface area contributed by atoms with Gasteiger partial charge in [0.15, 0.2) is 0 Å². The predicted molar refractivity (Wildman–Crippen MR) is 83.4 cm³/mol. The van der Waals surface area contributed by atoms with E-state index in [1.807, 2.05) is 0 Å². The third-order valence-corrected chi connectivity index (χ3v) is 5.51. The summed E-state index contributed by atoms with van der Waals surface area (Å²) in [4.78, 5) is 36.6. The Hall–Kier alpha value is -2.46. The molecule has 3 N–H and O–H groups in total. The van der Waals surface area contributed by atoms with Gasteiger partial charge in [0.25, 0.3) is 0 Å². The van der Waals surface area contributed by atoms with Crippen molar-refractivity contribution >= 4 is 33.6 Å². The van der Waals surface area contributed by atoms with E-state index in [0.29, 0.717) is 5.69 Å². The molecule has 1 aromatic carbocycles. The number of nitrogens with one attached hydrogen (secondary N) is 1. The molecule has 2 aliphatic rings. The zero-order chi connectivity index (χ0) is 17.5. The van der Waals surface area contributed by atoms with Crippen LogP contribution in [0.4, 0.5) is 10.5 Å². The van der Waals surface area contributed by atoms with Crippen molar-refractivity contribution in [3.05, 3.63) is 24.3 Å². The minimum Gasteiger partial charge on any atom is -0.351 e. The number of hydrogen-bond acceptors (Lipinski definition) is 5. The average molecular weight is 352 g/mol. The standard InChI is InChI=1S/C14H16N4O5S/c15-14(21)17-7-9(8-17)16-24(22,23)11-3-1-10(2-4-11)18-12(19)5-6-13(18)20/h1-4,9,16H,5-8H2,(H2,15,21). The number of carbonyl (C=O) groups excluding carboxylic acids is 3. The van der Waals surface area contributed by atoms with E-state index in [9.17, 15) is 22.8 Å². The van der Waals surface area contributed by atoms with E-state index in [1.54, 1.807) is 0 Å². The first kappa shape index (κ1) is 16.4. The monoisotopic (exact) mass is 352 g/mol. The fourth-order valence-corrected chi connectivity index (χ4v) is 3.88. The van der Waals surface area contributed by atoms with Crippen molar-refractivity contribution in [1.29, 1.82) is 0 Å². The minimum atomic E-state index is -3.75. The van der Waals surface area contributed by atoms with Crippen molar-refractivity contribution in [1.82, 2.24) is 9.62 Å². The Morgan fingerprint density at radius 2 is 1.62 bits per heavy atom. The van der Waals surface area contributed by atoms with Crippen LogP contribution in [0.3, 0.4) is 0 Å². The van der Waals surface area contributed by atoms with Gasteiger partial charge in [-0.2, -0.15) is 0 Å². The summed E-state index contributed by atoms with van der Waals surface area (Å²) in [5, 5.41) is 0. The lowest BCUT2D eigenvalue weighted by atomic mass is 10.1. The minimum absolute atomic E-state index is 0.0165. The van der Waals surface area contributed by atoms with Crippen molar-refractivity contribution in [2.75, 3.05) is 18.0 Å². The predicted octanol–water partition coefficient (Wildman–Crippen LogP) is -0.619. The van der Waals surface area contributed by atoms with Crippen LogP contribution in [0.15, 0.2) is 29.2 Å². The molecule has 0 radical (unpaired) electrons. The Morgan fingerprint density at radius 1 is 1.08 bits per heavy atom. The Kier molecular flexibility index (Phi) is 4.01. The van der Waals surface area contributed by atoms with Crippen LogP contribution in [0.2, 0.25) is 0 Å². The summed E-state index contributed by atoms with van der Waals surface area (Å²) >= 11 is 0. The number of primary amides is 1. The van der Waals surface area contributed by atoms with Crippen molar-refractivity contribution in [2.24, 2.45) is 5.73 Å². The number of urea groups is 1. The van der Waals surface area contributed by atoms with Crippen molar-refractivity contribution < 1.29 is 22.8 Å². The Labute approximate surface area is 138 Å². The quantitative estimate of drug-likeness (QED) is 0.698. The molecule has 1 aromatic rings. The summed E-state index contributed by atoms with van der Waals surface area (Å²) in [6.07, 6.45) is 0.330. The highest BCUT2D eigenvalue weighted by Crippen LogP contribution is 2.24. The molecule has 0 spiro atoms. The van der Waals surface area contributed by atoms with E-state index in [0.717, 1.165) is 4.90 Å². The maximum absolute atomic E-state index is 12.3. The number of imide groups is 1. The van der Waals surface area contributed by atoms with Gasteiger partial charge in [-0.15, -0.1) is 0 Å². The topological polar surface area (TPSA) is 130 Å². The van der Waals surface area contributed by atoms with Crippen LogP contribution >= 0.6 is 0 Å². The fourth-order valence-electron chi connectivity index (χ4n) is 2.66. The number of sulfonamides is 1. The van der Waals surface area contributed by atoms with Crippen LogP contribution in [-0.2, 0) is 19.6 Å². The fraction of sp³-hybridized carbons (Fsp3) is 0.357. The third kappa shape index (κ3) is 2.97. The van der Waals surface area contributed by atoms with Gasteiger partial charge in [-0.25, -0.2) is 17.9 Å². The molecule has 24 heavy (non-hydrogen) atoms. The first-order valence-electron chi connectivity index (χ1n) is 7.30. The second-order valence-electron chi connectivity index (χ2n) is 5.68. The van der Waals surface area contributed by atoms with Crippen LogP contribution in [0, 0.1) is 0 Å². The summed E-state index contributed by atoms with van der Waals surface area (Å²) in [5.74, 6) is -0.593. The number of amides is 4. The summed E-state index contributed by atoms with van der Waals surface area (Å²) in [6, 6.07) is 4.54. The van der Waals surface area contributed by atoms with Crippen LogP contribution in [-0.4, -0.2) is 50.3 Å². The molecule has 2 aliphatic heterocycles. The molecular weight excluding hydrogens is 336 g/mol. The van der Waals surface area contributed by atoms with Crippen LogP contribution in [0.5, 0.6) is 0 Å². The lowest BCUT2D eigenvalue weighted by Crippen LogP contribution is -2.62. The summed E-state index contributed by atoms with van der Waals surface area (Å²) in [7, 11) is -3.75. The van der Waals surface area contributed by atoms with Gasteiger partial charge in [-0.3, -0.25) is 14.5 Å². The SMILES string of the molecule is NC(=O)N1CC(NS(=O)(=O)c2ccc(N3C(=O)CCC3=O)cc2)C1. The molecule has 0 bridgehead atoms. The van der Waals surface area contributed by atoms with Crippen molar-refractivity contribution in [2.45, 2.75) is 23.8 Å². The normalized spacial score (nSPS) is 18.8. The first-order chi connectivity index (χ1) is 11.3. The lowest BCUT2D eigenvalue weighted by Gasteiger charge is -2.37. The second kappa shape index (κ2) is 5.87. The molecule has 128 valence electrons. The number of benzene rings is 1. The lowest BCUT2D eigenvalue weighted by molar-refractivity contribution is -0.121. The Morgan fingerprint density at radius 3 is 2.12 bits per heavy atom. The number of anilines is 1. The van der Waals surface area contributed by atoms with E-state index >= 15 is 0 Å². The number of hydrogen-bond donors (Lipinski definition) is 2. The average Bonchev–Trinajstić information content (AvgIpc) is 2.81. The van der Waals surface area contributed by atoms with Gasteiger partial charge in [-0.1, -0.05) is 0 Å². The second-order valence-corrected chi connectivity index (χ2v) is 7.39. The highest BCUT2D eigenvalue weighted by atomic mass is 32.2. The molecule has 10 heteroatoms. The largest absolute Gasteiger partial charge is 0.351 e. The van der Waals surface area contributed by atoms with Gasteiger partial charge >= 0.3 is 6.03 Å². The molecule has 4 amide bonds. The highest BCUT2D eigenvalue weighted by Gasteiger charge is 2.33. The maximum Gasteiger partial charge on any atom is 0.314 e. The van der Waals surface area contributed by atoms with E-state index in [2.05, 4.69) is 4.72 Å². The molecule has 3 rings (SSSR count). The maximum atomic E-state index is 12.3. The Bertz CT molecular complexity index is 783. The van der Waals surface area contributed by atoms with Gasteiger partial charge in [0, 0.05) is 25.9 Å². The Balaban J connectivity index is 1.70. The van der Waals surface area contributed by atoms with E-state index in [1.165, 1.54) is 29.2 Å². The smallest absolute Gasteiger partial charge is 0.314 e. The zero-order valence-corrected chi connectivity index (χ0v) is 13.5. The van der Waals surface area contributed by atoms with Gasteiger partial charge in [0.1, 0.15) is 0 Å². The molecule has 9 nitrogen and oxygen atoms in total. The van der Waals surface area contributed by atoms with Gasteiger partial charge in [0.2, 0.25) is 21.8 Å². The summed E-state index contributed by atoms with van der Waals surface area (Å²) < 4.78 is 27.0. The molecule has 0 aromatic heterocycles. The van der Waals surface area contributed by atoms with Crippen molar-refractivity contribution in [3.8, 4) is 0 Å². The van der Waals surface area contributed by atoms with E-state index in [-0.39, 0.29) is 48.7 Å². The molecule has 2 fully saturated rings. The molecule has 0 saturated carbocycles. The summed E-state index contributed by atoms with van der Waals surface area (Å²) in [6.45, 7) is 0.451. The zero-order valence-electron chi connectivity index (χ0n) is 12.6. The van der Waals surface area contributed by atoms with E-state index < -0.39 is 16.1 Å². The van der Waals surface area contributed by atoms with Gasteiger partial charge in [-0.05, 0) is 24.3 Å². The molecule has 0 aliphatic carbocycles. The molecule has 2 heterocycles. The first-order valence-corrected chi connectivity index (χ1v) is 8.79. The van der Waals surface area contributed by atoms with Gasteiger partial charge in [0.05, 0.1) is 16.6 Å². The van der Waals surface area contributed by atoms with Crippen LogP contribution in [0.25, 0.3) is 0 Å². The highest BCUT2D eigenvalue weighted by molar-refractivity contribution is 7.89. The molecular formula is C14H16N4O5S. The molecule has 0 unspecified atom stereocenters. The van der Waals surface area contributed by atoms with Gasteiger partial charge < -0.3 is 10.6 Å². The van der Waals surface area contributed by atoms with Crippen LogP contribution in [0.1, 0.15) is 12.8 Å². The number of likely N-dealkylation sites (tertiary alicyclic amines) is 1.